The van der Waals surface area contributed by atoms with Crippen LogP contribution in [0.4, 0.5) is 5.69 Å². The molecule has 1 fully saturated rings. The number of carbonyl (C=O) groups excluding carboxylic acids is 1. The fourth-order valence-electron chi connectivity index (χ4n) is 3.02. The van der Waals surface area contributed by atoms with E-state index in [2.05, 4.69) is 27.9 Å². The molecule has 1 aliphatic rings. The molecule has 0 saturated carbocycles. The van der Waals surface area contributed by atoms with Gasteiger partial charge >= 0.3 is 0 Å². The zero-order valence-electron chi connectivity index (χ0n) is 13.5. The minimum atomic E-state index is 0.186. The van der Waals surface area contributed by atoms with E-state index < -0.39 is 0 Å². The average Bonchev–Trinajstić information content (AvgIpc) is 2.82. The van der Waals surface area contributed by atoms with Gasteiger partial charge in [-0.1, -0.05) is 6.07 Å². The van der Waals surface area contributed by atoms with Gasteiger partial charge in [0.15, 0.2) is 0 Å². The molecule has 2 aromatic rings. The number of rotatable bonds is 3. The number of anilines is 1. The van der Waals surface area contributed by atoms with Crippen molar-refractivity contribution in [3.05, 3.63) is 54.1 Å². The van der Waals surface area contributed by atoms with E-state index in [1.165, 1.54) is 11.3 Å². The maximum Gasteiger partial charge on any atom is 0.227 e. The second-order valence-corrected chi connectivity index (χ2v) is 5.92. The van der Waals surface area contributed by atoms with Crippen LogP contribution in [0, 0.1) is 6.92 Å². The maximum atomic E-state index is 12.5. The molecule has 0 aliphatic carbocycles. The van der Waals surface area contributed by atoms with Gasteiger partial charge in [0, 0.05) is 56.7 Å². The van der Waals surface area contributed by atoms with Gasteiger partial charge in [0.05, 0.1) is 6.42 Å². The summed E-state index contributed by atoms with van der Waals surface area (Å²) in [6, 6.07) is 5.89. The Hall–Kier alpha value is -2.43. The molecule has 3 heterocycles. The van der Waals surface area contributed by atoms with Gasteiger partial charge in [-0.2, -0.15) is 0 Å². The predicted octanol–water partition coefficient (Wildman–Crippen LogP) is 2.07. The van der Waals surface area contributed by atoms with Crippen molar-refractivity contribution in [3.63, 3.8) is 0 Å². The van der Waals surface area contributed by atoms with E-state index in [0.717, 1.165) is 38.2 Å². The topological polar surface area (TPSA) is 49.3 Å². The molecule has 2 aromatic heterocycles. The lowest BCUT2D eigenvalue weighted by molar-refractivity contribution is -0.130. The minimum Gasteiger partial charge on any atom is -0.369 e. The van der Waals surface area contributed by atoms with Crippen LogP contribution in [0.15, 0.2) is 43.0 Å². The Morgan fingerprint density at radius 1 is 1.09 bits per heavy atom. The van der Waals surface area contributed by atoms with Crippen molar-refractivity contribution < 1.29 is 4.79 Å². The van der Waals surface area contributed by atoms with Gasteiger partial charge in [0.2, 0.25) is 5.91 Å². The van der Waals surface area contributed by atoms with Crippen molar-refractivity contribution in [1.82, 2.24) is 14.9 Å². The highest BCUT2D eigenvalue weighted by atomic mass is 16.2. The summed E-state index contributed by atoms with van der Waals surface area (Å²) in [4.78, 5) is 25.1. The van der Waals surface area contributed by atoms with Crippen LogP contribution < -0.4 is 4.90 Å². The number of hydrogen-bond acceptors (Lipinski definition) is 4. The molecule has 120 valence electrons. The first-order valence-electron chi connectivity index (χ1n) is 8.06. The molecule has 0 N–H and O–H groups in total. The lowest BCUT2D eigenvalue weighted by Gasteiger charge is -2.25. The number of aryl methyl sites for hydroxylation is 1. The molecule has 5 nitrogen and oxygen atoms in total. The molecule has 1 aliphatic heterocycles. The first-order valence-corrected chi connectivity index (χ1v) is 8.06. The number of nitrogens with zero attached hydrogens (tertiary/aromatic N) is 4. The van der Waals surface area contributed by atoms with Crippen LogP contribution >= 0.6 is 0 Å². The number of pyridine rings is 2. The number of aromatic nitrogens is 2. The first-order chi connectivity index (χ1) is 11.2. The van der Waals surface area contributed by atoms with E-state index in [0.29, 0.717) is 6.42 Å². The molecule has 23 heavy (non-hydrogen) atoms. The molecule has 0 bridgehead atoms. The summed E-state index contributed by atoms with van der Waals surface area (Å²) < 4.78 is 0. The van der Waals surface area contributed by atoms with Crippen molar-refractivity contribution in [3.8, 4) is 0 Å². The van der Waals surface area contributed by atoms with E-state index in [1.54, 1.807) is 12.4 Å². The molecule has 0 aromatic carbocycles. The van der Waals surface area contributed by atoms with Crippen molar-refractivity contribution in [2.24, 2.45) is 0 Å². The Morgan fingerprint density at radius 3 is 2.74 bits per heavy atom. The van der Waals surface area contributed by atoms with Gasteiger partial charge in [0.1, 0.15) is 0 Å². The SMILES string of the molecule is Cc1cnccc1N1CCCN(C(=O)Cc2cccnc2)CC1. The largest absolute Gasteiger partial charge is 0.369 e. The van der Waals surface area contributed by atoms with Crippen molar-refractivity contribution in [2.75, 3.05) is 31.1 Å². The summed E-state index contributed by atoms with van der Waals surface area (Å²) >= 11 is 0. The van der Waals surface area contributed by atoms with Crippen LogP contribution in [0.3, 0.4) is 0 Å². The first kappa shape index (κ1) is 15.5. The Labute approximate surface area is 137 Å². The monoisotopic (exact) mass is 310 g/mol. The van der Waals surface area contributed by atoms with E-state index in [9.17, 15) is 4.79 Å². The highest BCUT2D eigenvalue weighted by Gasteiger charge is 2.20. The molecule has 0 unspecified atom stereocenters. The third-order valence-corrected chi connectivity index (χ3v) is 4.26. The summed E-state index contributed by atoms with van der Waals surface area (Å²) in [6.45, 7) is 5.50. The van der Waals surface area contributed by atoms with Crippen LogP contribution in [-0.2, 0) is 11.2 Å². The molecule has 3 rings (SSSR count). The number of carbonyl (C=O) groups is 1. The van der Waals surface area contributed by atoms with Crippen LogP contribution in [0.25, 0.3) is 0 Å². The fourth-order valence-corrected chi connectivity index (χ4v) is 3.02. The van der Waals surface area contributed by atoms with E-state index in [4.69, 9.17) is 0 Å². The van der Waals surface area contributed by atoms with Crippen LogP contribution in [-0.4, -0.2) is 47.0 Å². The van der Waals surface area contributed by atoms with E-state index in [1.807, 2.05) is 29.4 Å². The van der Waals surface area contributed by atoms with Gasteiger partial charge in [0.25, 0.3) is 0 Å². The lowest BCUT2D eigenvalue weighted by atomic mass is 10.2. The quantitative estimate of drug-likeness (QED) is 0.871. The molecule has 1 saturated heterocycles. The van der Waals surface area contributed by atoms with Crippen LogP contribution in [0.5, 0.6) is 0 Å². The van der Waals surface area contributed by atoms with Crippen LogP contribution in [0.2, 0.25) is 0 Å². The Morgan fingerprint density at radius 2 is 1.96 bits per heavy atom. The normalized spacial score (nSPS) is 15.3. The summed E-state index contributed by atoms with van der Waals surface area (Å²) in [5.41, 5.74) is 3.38. The highest BCUT2D eigenvalue weighted by molar-refractivity contribution is 5.78. The number of amides is 1. The summed E-state index contributed by atoms with van der Waals surface area (Å²) in [5, 5.41) is 0. The molecule has 5 heteroatoms. The van der Waals surface area contributed by atoms with Gasteiger partial charge in [-0.25, -0.2) is 0 Å². The maximum absolute atomic E-state index is 12.5. The lowest BCUT2D eigenvalue weighted by Crippen LogP contribution is -2.36. The van der Waals surface area contributed by atoms with Gasteiger partial charge in [-0.15, -0.1) is 0 Å². The molecule has 1 amide bonds. The highest BCUT2D eigenvalue weighted by Crippen LogP contribution is 2.20. The smallest absolute Gasteiger partial charge is 0.227 e. The summed E-state index contributed by atoms with van der Waals surface area (Å²) in [7, 11) is 0. The second kappa shape index (κ2) is 7.22. The molecular formula is C18H22N4O. The van der Waals surface area contributed by atoms with Gasteiger partial charge < -0.3 is 9.80 Å². The number of hydrogen-bond donors (Lipinski definition) is 0. The Balaban J connectivity index is 1.62. The van der Waals surface area contributed by atoms with Crippen LogP contribution in [0.1, 0.15) is 17.5 Å². The Kier molecular flexibility index (Phi) is 4.86. The van der Waals surface area contributed by atoms with Crippen molar-refractivity contribution >= 4 is 11.6 Å². The average molecular weight is 310 g/mol. The zero-order chi connectivity index (χ0) is 16.1. The fraction of sp³-hybridized carbons (Fsp3) is 0.389. The molecule has 0 atom stereocenters. The minimum absolute atomic E-state index is 0.186. The van der Waals surface area contributed by atoms with Gasteiger partial charge in [-0.3, -0.25) is 14.8 Å². The van der Waals surface area contributed by atoms with E-state index >= 15 is 0 Å². The summed E-state index contributed by atoms with van der Waals surface area (Å²) in [6.07, 6.45) is 8.64. The van der Waals surface area contributed by atoms with E-state index in [-0.39, 0.29) is 5.91 Å². The van der Waals surface area contributed by atoms with Crippen molar-refractivity contribution in [2.45, 2.75) is 19.8 Å². The molecule has 0 spiro atoms. The zero-order valence-corrected chi connectivity index (χ0v) is 13.5. The van der Waals surface area contributed by atoms with Crippen molar-refractivity contribution in [1.29, 1.82) is 0 Å². The van der Waals surface area contributed by atoms with Gasteiger partial charge in [-0.05, 0) is 36.6 Å². The second-order valence-electron chi connectivity index (χ2n) is 5.92. The third kappa shape index (κ3) is 3.86. The molecule has 0 radical (unpaired) electrons. The molecular weight excluding hydrogens is 288 g/mol. The predicted molar refractivity (Wildman–Crippen MR) is 90.3 cm³/mol. The summed E-state index contributed by atoms with van der Waals surface area (Å²) in [5.74, 6) is 0.186. The Bertz CT molecular complexity index is 659. The third-order valence-electron chi connectivity index (χ3n) is 4.26. The standard InChI is InChI=1S/C18H22N4O/c1-15-13-20-7-5-17(15)21-8-3-9-22(11-10-21)18(23)12-16-4-2-6-19-14-16/h2,4-7,13-14H,3,8-12H2,1H3.